The molecule has 1 heterocycles. The number of hydrogen-bond acceptors (Lipinski definition) is 2. The van der Waals surface area contributed by atoms with Crippen molar-refractivity contribution in [3.8, 4) is 0 Å². The number of amides is 1. The van der Waals surface area contributed by atoms with E-state index >= 15 is 0 Å². The zero-order valence-corrected chi connectivity index (χ0v) is 7.28. The molecule has 0 N–H and O–H groups in total. The number of rotatable bonds is 1. The van der Waals surface area contributed by atoms with Gasteiger partial charge in [-0.25, -0.2) is 0 Å². The third kappa shape index (κ3) is 1.66. The first-order valence-electron chi connectivity index (χ1n) is 3.53. The minimum absolute atomic E-state index is 0.188. The summed E-state index contributed by atoms with van der Waals surface area (Å²) in [5, 5.41) is 0. The molecule has 0 spiro atoms. The summed E-state index contributed by atoms with van der Waals surface area (Å²) in [4.78, 5) is 12.7. The fraction of sp³-hybridized carbons (Fsp3) is 0.857. The summed E-state index contributed by atoms with van der Waals surface area (Å²) in [6.45, 7) is 1.63. The standard InChI is InChI=1S/C7H13NOS/c1-6(9)8(2)7-3-4-10-5-7/h7H,3-5H2,1-2H3. The van der Waals surface area contributed by atoms with E-state index in [4.69, 9.17) is 0 Å². The van der Waals surface area contributed by atoms with Crippen molar-refractivity contribution in [2.45, 2.75) is 19.4 Å². The molecule has 0 aromatic rings. The van der Waals surface area contributed by atoms with Gasteiger partial charge in [0.25, 0.3) is 0 Å². The smallest absolute Gasteiger partial charge is 0.219 e. The highest BCUT2D eigenvalue weighted by Crippen LogP contribution is 2.20. The number of nitrogens with zero attached hydrogens (tertiary/aromatic N) is 1. The molecule has 0 saturated carbocycles. The molecule has 1 saturated heterocycles. The molecule has 0 bridgehead atoms. The lowest BCUT2D eigenvalue weighted by molar-refractivity contribution is -0.129. The fourth-order valence-corrected chi connectivity index (χ4v) is 2.35. The molecule has 1 unspecified atom stereocenters. The average Bonchev–Trinajstić information content (AvgIpc) is 2.36. The molecule has 58 valence electrons. The average molecular weight is 159 g/mol. The molecule has 0 radical (unpaired) electrons. The Bertz CT molecular complexity index is 132. The van der Waals surface area contributed by atoms with Crippen molar-refractivity contribution in [2.75, 3.05) is 18.6 Å². The maximum Gasteiger partial charge on any atom is 0.219 e. The minimum atomic E-state index is 0.188. The molecule has 0 aliphatic carbocycles. The van der Waals surface area contributed by atoms with Gasteiger partial charge in [0.1, 0.15) is 0 Å². The molecule has 1 amide bonds. The first kappa shape index (κ1) is 7.92. The van der Waals surface area contributed by atoms with Gasteiger partial charge in [0, 0.05) is 25.8 Å². The fourth-order valence-electron chi connectivity index (χ4n) is 1.08. The molecule has 2 nitrogen and oxygen atoms in total. The van der Waals surface area contributed by atoms with Gasteiger partial charge in [-0.3, -0.25) is 4.79 Å². The van der Waals surface area contributed by atoms with Crippen molar-refractivity contribution in [1.82, 2.24) is 4.90 Å². The van der Waals surface area contributed by atoms with Crippen molar-refractivity contribution in [3.63, 3.8) is 0 Å². The highest BCUT2D eigenvalue weighted by molar-refractivity contribution is 7.99. The Morgan fingerprint density at radius 3 is 2.80 bits per heavy atom. The SMILES string of the molecule is CC(=O)N(C)C1CCSC1. The van der Waals surface area contributed by atoms with Crippen LogP contribution in [0.2, 0.25) is 0 Å². The van der Waals surface area contributed by atoms with Gasteiger partial charge in [0.05, 0.1) is 0 Å². The second-order valence-electron chi connectivity index (χ2n) is 2.65. The Hall–Kier alpha value is -0.180. The molecule has 1 aliphatic rings. The second kappa shape index (κ2) is 3.28. The Kier molecular flexibility index (Phi) is 2.60. The van der Waals surface area contributed by atoms with E-state index in [1.165, 1.54) is 12.2 Å². The van der Waals surface area contributed by atoms with Gasteiger partial charge >= 0.3 is 0 Å². The van der Waals surface area contributed by atoms with Gasteiger partial charge in [-0.2, -0.15) is 11.8 Å². The van der Waals surface area contributed by atoms with E-state index < -0.39 is 0 Å². The van der Waals surface area contributed by atoms with Gasteiger partial charge in [-0.15, -0.1) is 0 Å². The van der Waals surface area contributed by atoms with Crippen LogP contribution in [0.25, 0.3) is 0 Å². The van der Waals surface area contributed by atoms with Crippen molar-refractivity contribution < 1.29 is 4.79 Å². The predicted molar refractivity (Wildman–Crippen MR) is 44.2 cm³/mol. The van der Waals surface area contributed by atoms with E-state index in [0.29, 0.717) is 6.04 Å². The molecule has 3 heteroatoms. The van der Waals surface area contributed by atoms with Gasteiger partial charge in [0.15, 0.2) is 0 Å². The van der Waals surface area contributed by atoms with Crippen LogP contribution in [0.4, 0.5) is 0 Å². The summed E-state index contributed by atoms with van der Waals surface area (Å²) in [7, 11) is 1.89. The van der Waals surface area contributed by atoms with Crippen LogP contribution in [-0.2, 0) is 4.79 Å². The molecule has 1 fully saturated rings. The quantitative estimate of drug-likeness (QED) is 0.568. The topological polar surface area (TPSA) is 20.3 Å². The van der Waals surface area contributed by atoms with Crippen molar-refractivity contribution in [1.29, 1.82) is 0 Å². The van der Waals surface area contributed by atoms with E-state index in [1.807, 2.05) is 23.7 Å². The van der Waals surface area contributed by atoms with Crippen LogP contribution >= 0.6 is 11.8 Å². The molecule has 1 rings (SSSR count). The Balaban J connectivity index is 2.39. The first-order valence-corrected chi connectivity index (χ1v) is 4.68. The van der Waals surface area contributed by atoms with Crippen LogP contribution in [0.1, 0.15) is 13.3 Å². The number of hydrogen-bond donors (Lipinski definition) is 0. The second-order valence-corrected chi connectivity index (χ2v) is 3.80. The van der Waals surface area contributed by atoms with E-state index in [1.54, 1.807) is 6.92 Å². The lowest BCUT2D eigenvalue weighted by Gasteiger charge is -2.21. The van der Waals surface area contributed by atoms with E-state index in [9.17, 15) is 4.79 Å². The number of thioether (sulfide) groups is 1. The molecular weight excluding hydrogens is 146 g/mol. The van der Waals surface area contributed by atoms with Gasteiger partial charge in [-0.05, 0) is 12.2 Å². The summed E-state index contributed by atoms with van der Waals surface area (Å²) in [6, 6.07) is 0.502. The van der Waals surface area contributed by atoms with E-state index in [0.717, 1.165) is 5.75 Å². The van der Waals surface area contributed by atoms with Crippen LogP contribution in [0.3, 0.4) is 0 Å². The van der Waals surface area contributed by atoms with Gasteiger partial charge in [-0.1, -0.05) is 0 Å². The zero-order valence-electron chi connectivity index (χ0n) is 6.46. The Morgan fingerprint density at radius 1 is 1.70 bits per heavy atom. The minimum Gasteiger partial charge on any atom is -0.342 e. The Labute approximate surface area is 66.0 Å². The molecule has 1 aliphatic heterocycles. The molecule has 10 heavy (non-hydrogen) atoms. The zero-order chi connectivity index (χ0) is 7.56. The van der Waals surface area contributed by atoms with E-state index in [2.05, 4.69) is 0 Å². The summed E-state index contributed by atoms with van der Waals surface area (Å²) in [5.74, 6) is 2.52. The third-order valence-electron chi connectivity index (χ3n) is 1.95. The Morgan fingerprint density at radius 2 is 2.40 bits per heavy atom. The highest BCUT2D eigenvalue weighted by Gasteiger charge is 2.20. The lowest BCUT2D eigenvalue weighted by atomic mass is 10.2. The van der Waals surface area contributed by atoms with Gasteiger partial charge in [0.2, 0.25) is 5.91 Å². The molecule has 0 aromatic carbocycles. The summed E-state index contributed by atoms with van der Waals surface area (Å²) < 4.78 is 0. The maximum absolute atomic E-state index is 10.8. The molecule has 1 atom stereocenters. The predicted octanol–water partition coefficient (Wildman–Crippen LogP) is 0.970. The number of carbonyl (C=O) groups is 1. The highest BCUT2D eigenvalue weighted by atomic mass is 32.2. The number of carbonyl (C=O) groups excluding carboxylic acids is 1. The molecular formula is C7H13NOS. The summed E-state index contributed by atoms with van der Waals surface area (Å²) in [5.41, 5.74) is 0. The van der Waals surface area contributed by atoms with Crippen LogP contribution in [0.15, 0.2) is 0 Å². The third-order valence-corrected chi connectivity index (χ3v) is 3.09. The first-order chi connectivity index (χ1) is 4.72. The summed E-state index contributed by atoms with van der Waals surface area (Å²) >= 11 is 1.93. The van der Waals surface area contributed by atoms with Crippen LogP contribution in [-0.4, -0.2) is 35.4 Å². The lowest BCUT2D eigenvalue weighted by Crippen LogP contribution is -2.35. The largest absolute Gasteiger partial charge is 0.342 e. The molecule has 0 aromatic heterocycles. The van der Waals surface area contributed by atoms with Crippen LogP contribution < -0.4 is 0 Å². The maximum atomic E-state index is 10.8. The van der Waals surface area contributed by atoms with Crippen LogP contribution in [0, 0.1) is 0 Å². The van der Waals surface area contributed by atoms with Crippen molar-refractivity contribution in [2.24, 2.45) is 0 Å². The van der Waals surface area contributed by atoms with Crippen molar-refractivity contribution in [3.05, 3.63) is 0 Å². The van der Waals surface area contributed by atoms with Gasteiger partial charge < -0.3 is 4.90 Å². The van der Waals surface area contributed by atoms with E-state index in [-0.39, 0.29) is 5.91 Å². The van der Waals surface area contributed by atoms with Crippen LogP contribution in [0.5, 0.6) is 0 Å². The summed E-state index contributed by atoms with van der Waals surface area (Å²) in [6.07, 6.45) is 1.17. The normalized spacial score (nSPS) is 24.8. The van der Waals surface area contributed by atoms with Crippen molar-refractivity contribution >= 4 is 17.7 Å². The monoisotopic (exact) mass is 159 g/mol.